The van der Waals surface area contributed by atoms with Gasteiger partial charge in [-0.1, -0.05) is 41.5 Å². The van der Waals surface area contributed by atoms with Crippen molar-refractivity contribution in [3.05, 3.63) is 58.7 Å². The number of nitrogens with one attached hydrogen (secondary N) is 14. The van der Waals surface area contributed by atoms with Crippen LogP contribution in [0.1, 0.15) is 73.4 Å². The molecule has 3 aromatic rings. The summed E-state index contributed by atoms with van der Waals surface area (Å²) in [6.07, 6.45) is 0. The zero-order valence-electron chi connectivity index (χ0n) is 39.0. The number of nitrogens with two attached hydrogens (primary N) is 6. The summed E-state index contributed by atoms with van der Waals surface area (Å²) in [4.78, 5) is 30.7. The number of amides is 2. The third-order valence-corrected chi connectivity index (χ3v) is 11.5. The van der Waals surface area contributed by atoms with E-state index in [0.717, 1.165) is 11.1 Å². The lowest BCUT2D eigenvalue weighted by atomic mass is 9.86. The number of rotatable bonds is 22. The topological polar surface area (TPSA) is 448 Å². The highest BCUT2D eigenvalue weighted by Crippen LogP contribution is 2.42. The molecule has 0 fully saturated rings. The highest BCUT2D eigenvalue weighted by atomic mass is 32.2. The van der Waals surface area contributed by atoms with E-state index in [1.54, 1.807) is 12.1 Å². The molecule has 0 spiro atoms. The highest BCUT2D eigenvalue weighted by Gasteiger charge is 2.27. The summed E-state index contributed by atoms with van der Waals surface area (Å²) in [5.74, 6) is -2.41. The zero-order valence-corrected chi connectivity index (χ0v) is 40.7. The normalized spacial score (nSPS) is 11.0. The van der Waals surface area contributed by atoms with E-state index in [-0.39, 0.29) is 84.7 Å². The molecule has 0 radical (unpaired) electrons. The zero-order chi connectivity index (χ0) is 50.9. The molecule has 0 aliphatic heterocycles. The van der Waals surface area contributed by atoms with Gasteiger partial charge >= 0.3 is 0 Å². The minimum Gasteiger partial charge on any atom is -0.491 e. The Morgan fingerprint density at radius 1 is 0.471 bits per heavy atom. The van der Waals surface area contributed by atoms with E-state index in [2.05, 4.69) is 42.5 Å². The van der Waals surface area contributed by atoms with Gasteiger partial charge in [-0.25, -0.2) is 0 Å². The quantitative estimate of drug-likeness (QED) is 0.0297. The first-order valence-corrected chi connectivity index (χ1v) is 23.0. The number of hydrogen-bond acceptors (Lipinski definition) is 12. The second-order valence-electron chi connectivity index (χ2n) is 16.9. The first-order chi connectivity index (χ1) is 31.8. The predicted molar refractivity (Wildman–Crippen MR) is 276 cm³/mol. The number of carbonyl (C=O) groups is 2. The van der Waals surface area contributed by atoms with E-state index in [4.69, 9.17) is 76.3 Å². The van der Waals surface area contributed by atoms with Crippen LogP contribution in [0.3, 0.4) is 0 Å². The molecule has 2 amide bonds. The van der Waals surface area contributed by atoms with Crippen LogP contribution >= 0.6 is 23.5 Å². The number of ether oxygens (including phenoxy) is 2. The number of guanidine groups is 6. The maximum atomic E-state index is 14.9. The van der Waals surface area contributed by atoms with Gasteiger partial charge in [-0.2, -0.15) is 0 Å². The van der Waals surface area contributed by atoms with Crippen molar-refractivity contribution in [2.24, 2.45) is 34.4 Å². The van der Waals surface area contributed by atoms with Gasteiger partial charge in [0.15, 0.2) is 35.8 Å². The molecule has 0 saturated carbocycles. The summed E-state index contributed by atoms with van der Waals surface area (Å²) in [5.41, 5.74) is 35.7. The fraction of sp³-hybridized carbons (Fsp3) is 0.381. The molecule has 68 heavy (non-hydrogen) atoms. The van der Waals surface area contributed by atoms with Crippen molar-refractivity contribution >= 4 is 93.8 Å². The number of thioether (sulfide) groups is 2. The smallest absolute Gasteiger partial charge is 0.259 e. The summed E-state index contributed by atoms with van der Waals surface area (Å²) >= 11 is 2.60. The first kappa shape index (κ1) is 54.9. The molecule has 3 rings (SSSR count). The SMILES string of the molecule is CC(C)(C)c1cc(NC(=N)N)c(SCCNC(=N)N)c(NC(=O)c2cc(C(=O)Nc3cc(C(C)(C)C)cc(NC(=N)N)c3SCCNC(=N)N)c(OCCNC(=N)N)cc2OCCNC(=N)N)c1. The Labute approximate surface area is 404 Å². The fourth-order valence-corrected chi connectivity index (χ4v) is 7.88. The third-order valence-electron chi connectivity index (χ3n) is 9.19. The van der Waals surface area contributed by atoms with Crippen molar-refractivity contribution in [1.82, 2.24) is 21.3 Å². The minimum atomic E-state index is -0.709. The second kappa shape index (κ2) is 24.9. The van der Waals surface area contributed by atoms with E-state index in [1.807, 2.05) is 53.7 Å². The lowest BCUT2D eigenvalue weighted by Crippen LogP contribution is -2.34. The van der Waals surface area contributed by atoms with Crippen molar-refractivity contribution in [2.75, 3.05) is 72.2 Å². The molecule has 0 aliphatic carbocycles. The number of hydrogen-bond donors (Lipinski definition) is 20. The average Bonchev–Trinajstić information content (AvgIpc) is 3.20. The molecule has 0 aromatic heterocycles. The fourth-order valence-electron chi connectivity index (χ4n) is 6.00. The summed E-state index contributed by atoms with van der Waals surface area (Å²) in [6, 6.07) is 9.98. The van der Waals surface area contributed by atoms with Gasteiger partial charge in [0.2, 0.25) is 0 Å². The molecule has 26 N–H and O–H groups in total. The van der Waals surface area contributed by atoms with Crippen molar-refractivity contribution in [3.8, 4) is 11.5 Å². The lowest BCUT2D eigenvalue weighted by Gasteiger charge is -2.25. The predicted octanol–water partition coefficient (Wildman–Crippen LogP) is 2.27. The van der Waals surface area contributed by atoms with E-state index < -0.39 is 22.6 Å². The molecule has 0 aliphatic rings. The molecule has 0 saturated heterocycles. The van der Waals surface area contributed by atoms with Crippen LogP contribution in [0.4, 0.5) is 22.7 Å². The molecule has 0 unspecified atom stereocenters. The largest absolute Gasteiger partial charge is 0.491 e. The van der Waals surface area contributed by atoms with E-state index in [1.165, 1.54) is 35.7 Å². The van der Waals surface area contributed by atoms with Crippen LogP contribution in [0.2, 0.25) is 0 Å². The Morgan fingerprint density at radius 3 is 1.07 bits per heavy atom. The van der Waals surface area contributed by atoms with Gasteiger partial charge in [0.25, 0.3) is 11.8 Å². The maximum absolute atomic E-state index is 14.9. The van der Waals surface area contributed by atoms with Crippen molar-refractivity contribution in [3.63, 3.8) is 0 Å². The van der Waals surface area contributed by atoms with E-state index in [9.17, 15) is 9.59 Å². The lowest BCUT2D eigenvalue weighted by molar-refractivity contribution is 0.102. The van der Waals surface area contributed by atoms with Gasteiger partial charge in [-0.3, -0.25) is 42.0 Å². The van der Waals surface area contributed by atoms with Gasteiger partial charge < -0.3 is 86.4 Å². The van der Waals surface area contributed by atoms with Crippen LogP contribution in [0.25, 0.3) is 0 Å². The van der Waals surface area contributed by atoms with Crippen molar-refractivity contribution < 1.29 is 19.1 Å². The summed E-state index contributed by atoms with van der Waals surface area (Å²) < 4.78 is 12.3. The average molecular weight is 979 g/mol. The van der Waals surface area contributed by atoms with Crippen molar-refractivity contribution in [2.45, 2.75) is 62.2 Å². The van der Waals surface area contributed by atoms with Gasteiger partial charge in [0, 0.05) is 30.7 Å². The molecule has 0 atom stereocenters. The number of carbonyl (C=O) groups excluding carboxylic acids is 2. The van der Waals surface area contributed by atoms with E-state index in [0.29, 0.717) is 57.1 Å². The third kappa shape index (κ3) is 17.7. The Kier molecular flexibility index (Phi) is 20.1. The number of anilines is 4. The van der Waals surface area contributed by atoms with Gasteiger partial charge in [0.1, 0.15) is 24.7 Å². The van der Waals surface area contributed by atoms with Crippen LogP contribution in [0, 0.1) is 32.5 Å². The van der Waals surface area contributed by atoms with Gasteiger partial charge in [-0.15, -0.1) is 23.5 Å². The molecule has 0 heterocycles. The molecule has 26 heteroatoms. The van der Waals surface area contributed by atoms with Crippen LogP contribution in [0.15, 0.2) is 46.2 Å². The Balaban J connectivity index is 2.34. The van der Waals surface area contributed by atoms with Crippen LogP contribution in [-0.2, 0) is 10.8 Å². The Morgan fingerprint density at radius 2 is 0.779 bits per heavy atom. The van der Waals surface area contributed by atoms with E-state index >= 15 is 0 Å². The Hall–Kier alpha value is -7.48. The monoisotopic (exact) mass is 979 g/mol. The molecule has 3 aromatic carbocycles. The first-order valence-electron chi connectivity index (χ1n) is 21.0. The van der Waals surface area contributed by atoms with Crippen LogP contribution in [0.5, 0.6) is 11.5 Å². The standard InChI is InChI=1S/C42H66N20O4S2/c1-41(2,3)21-15-25(31(27(17-21)61-39(51)52)67-13-9-57-37(47)48)59-33(63)23-19-24(30(66-12-8-56-36(45)46)20-29(23)65-11-7-55-35(43)44)34(64)60-26-16-22(42(4,5)6)18-28(62-40(53)54)32(26)68-14-10-58-38(49)50/h15-20H,7-14H2,1-6H3,(H,59,63)(H,60,64)(H4,43,44,55)(H4,45,46,56)(H4,47,48,57)(H4,49,50,58)(H4,51,52,61)(H4,53,54,62). The summed E-state index contributed by atoms with van der Waals surface area (Å²) in [6.45, 7) is 12.4. The molecule has 0 bridgehead atoms. The van der Waals surface area contributed by atoms with Crippen molar-refractivity contribution in [1.29, 1.82) is 32.5 Å². The van der Waals surface area contributed by atoms with Crippen LogP contribution < -0.4 is 86.4 Å². The molecule has 24 nitrogen and oxygen atoms in total. The highest BCUT2D eigenvalue weighted by molar-refractivity contribution is 7.99. The van der Waals surface area contributed by atoms with Crippen LogP contribution in [-0.4, -0.2) is 98.5 Å². The number of benzene rings is 3. The second-order valence-corrected chi connectivity index (χ2v) is 19.1. The van der Waals surface area contributed by atoms with Gasteiger partial charge in [-0.05, 0) is 52.3 Å². The maximum Gasteiger partial charge on any atom is 0.259 e. The molecular weight excluding hydrogens is 913 g/mol. The van der Waals surface area contributed by atoms with Gasteiger partial charge in [0.05, 0.1) is 56.8 Å². The summed E-state index contributed by atoms with van der Waals surface area (Å²) in [5, 5.41) is 69.1. The summed E-state index contributed by atoms with van der Waals surface area (Å²) in [7, 11) is 0. The molecule has 370 valence electrons. The Bertz CT molecular complexity index is 2220. The molecular formula is C42H66N20O4S2. The minimum absolute atomic E-state index is 0.00950.